The van der Waals surface area contributed by atoms with Crippen molar-refractivity contribution < 1.29 is 19.4 Å². The zero-order valence-corrected chi connectivity index (χ0v) is 54.3. The van der Waals surface area contributed by atoms with Crippen molar-refractivity contribution in [2.75, 3.05) is 29.0 Å². The van der Waals surface area contributed by atoms with Crippen LogP contribution in [0, 0.1) is 65.6 Å². The topological polar surface area (TPSA) is 178 Å². The molecule has 3 aliphatic heterocycles. The Morgan fingerprint density at radius 1 is 0.500 bits per heavy atom. The molecule has 3 aromatic heterocycles. The molecular formula is C79H83N9O4. The van der Waals surface area contributed by atoms with E-state index in [0.29, 0.717) is 29.7 Å². The van der Waals surface area contributed by atoms with E-state index < -0.39 is 0 Å². The number of carbonyl (C=O) groups excluding carboxylic acids is 1. The average Bonchev–Trinajstić information content (AvgIpc) is 1.66. The van der Waals surface area contributed by atoms with Crippen LogP contribution in [0.2, 0.25) is 0 Å². The summed E-state index contributed by atoms with van der Waals surface area (Å²) in [7, 11) is 0. The number of hydrogen-bond donors (Lipinski definition) is 4. The second kappa shape index (κ2) is 23.0. The third-order valence-electron chi connectivity index (χ3n) is 21.9. The molecular weight excluding hydrogens is 1140 g/mol. The number of amides is 1. The molecule has 0 saturated heterocycles. The van der Waals surface area contributed by atoms with Crippen LogP contribution >= 0.6 is 0 Å². The first-order chi connectivity index (χ1) is 44.4. The number of nitriles is 3. The lowest BCUT2D eigenvalue weighted by Gasteiger charge is -2.35. The van der Waals surface area contributed by atoms with Crippen molar-refractivity contribution in [3.05, 3.63) is 148 Å². The number of aliphatic hydroxyl groups is 1. The van der Waals surface area contributed by atoms with Gasteiger partial charge in [-0.05, 0) is 233 Å². The number of nitrogens with zero attached hydrogens (tertiary/aromatic N) is 6. The Morgan fingerprint density at radius 2 is 0.957 bits per heavy atom. The van der Waals surface area contributed by atoms with Gasteiger partial charge in [0.1, 0.15) is 11.5 Å². The molecule has 15 rings (SSSR count). The van der Waals surface area contributed by atoms with Crippen molar-refractivity contribution >= 4 is 55.7 Å². The van der Waals surface area contributed by atoms with Gasteiger partial charge < -0.3 is 44.2 Å². The molecule has 0 unspecified atom stereocenters. The molecule has 9 aromatic rings. The second-order valence-electron chi connectivity index (χ2n) is 29.5. The quantitative estimate of drug-likeness (QED) is 0.104. The molecule has 0 atom stereocenters. The van der Waals surface area contributed by atoms with Crippen LogP contribution in [0.4, 0.5) is 17.1 Å². The molecule has 3 aliphatic carbocycles. The SMILES string of the molecule is Cc1cc2c(cc1C#N)c(-c1cccc3c1CC(C)(C)CN3)cn2C1CCC(Oc2cc3c(c(-c4cn(C5CCC(Oc6ccc(-c7cn(C8CCC(O)CC8)c8cc(C)c(C#N)cc78)c7c6NC(=O)CC7)CC5)c5cc(C)c(C#N)cc45)c2)CC(C)(C)CN3)CC1. The first-order valence-corrected chi connectivity index (χ1v) is 33.8. The van der Waals surface area contributed by atoms with Gasteiger partial charge in [-0.15, -0.1) is 0 Å². The Kier molecular flexibility index (Phi) is 14.8. The minimum absolute atomic E-state index is 0.0167. The summed E-state index contributed by atoms with van der Waals surface area (Å²) in [5, 5.41) is 55.5. The molecule has 0 spiro atoms. The number of aromatic nitrogens is 3. The molecule has 3 saturated carbocycles. The predicted octanol–water partition coefficient (Wildman–Crippen LogP) is 17.6. The number of rotatable bonds is 10. The molecule has 4 N–H and O–H groups in total. The van der Waals surface area contributed by atoms with E-state index in [2.05, 4.69) is 168 Å². The maximum Gasteiger partial charge on any atom is 0.224 e. The highest BCUT2D eigenvalue weighted by molar-refractivity contribution is 6.04. The minimum atomic E-state index is -0.267. The van der Waals surface area contributed by atoms with E-state index in [4.69, 9.17) is 9.47 Å². The molecule has 1 amide bonds. The van der Waals surface area contributed by atoms with E-state index in [-0.39, 0.29) is 53.2 Å². The molecule has 92 heavy (non-hydrogen) atoms. The normalized spacial score (nSPS) is 22.4. The first-order valence-electron chi connectivity index (χ1n) is 33.8. The van der Waals surface area contributed by atoms with Gasteiger partial charge >= 0.3 is 0 Å². The van der Waals surface area contributed by atoms with E-state index in [0.717, 1.165) is 197 Å². The van der Waals surface area contributed by atoms with E-state index in [1.807, 2.05) is 26.0 Å². The van der Waals surface area contributed by atoms with Crippen molar-refractivity contribution in [2.24, 2.45) is 10.8 Å². The van der Waals surface area contributed by atoms with Crippen molar-refractivity contribution in [3.8, 4) is 63.1 Å². The number of carbonyl (C=O) groups is 1. The number of fused-ring (bicyclic) bond motifs is 6. The molecule has 13 nitrogen and oxygen atoms in total. The van der Waals surface area contributed by atoms with Gasteiger partial charge in [0.25, 0.3) is 0 Å². The number of nitrogens with one attached hydrogen (secondary N) is 3. The van der Waals surface area contributed by atoms with Crippen LogP contribution in [0.1, 0.15) is 179 Å². The Hall–Kier alpha value is -8.96. The highest BCUT2D eigenvalue weighted by Crippen LogP contribution is 2.50. The van der Waals surface area contributed by atoms with E-state index in [9.17, 15) is 25.7 Å². The lowest BCUT2D eigenvalue weighted by Crippen LogP contribution is -2.31. The molecule has 6 aliphatic rings. The smallest absolute Gasteiger partial charge is 0.224 e. The Balaban J connectivity index is 0.703. The number of ether oxygens (including phenoxy) is 2. The van der Waals surface area contributed by atoms with E-state index >= 15 is 0 Å². The molecule has 0 radical (unpaired) electrons. The molecule has 468 valence electrons. The minimum Gasteiger partial charge on any atom is -0.490 e. The Morgan fingerprint density at radius 3 is 1.47 bits per heavy atom. The summed E-state index contributed by atoms with van der Waals surface area (Å²) in [6.45, 7) is 17.2. The summed E-state index contributed by atoms with van der Waals surface area (Å²) in [6.07, 6.45) is 20.0. The second-order valence-corrected chi connectivity index (χ2v) is 29.5. The summed E-state index contributed by atoms with van der Waals surface area (Å²) in [4.78, 5) is 13.3. The standard InChI is InChI=1S/C79H83N9O4/c1-45-27-72-62(30-48(45)37-80)67(58-9-8-10-70-65(58)35-78(4,5)43-83-70)40-87(72)52-13-19-55(20-14-52)91-57-33-61(66-36-79(6,7)44-84-71(66)34-57)69-42-88(74-29-47(3)50(39-82)32-64(69)74)53-15-21-56(22-16-53)92-75-25-23-59(60-24-26-76(90)85-77(60)75)68-41-86(51-11-17-54(89)18-12-51)73-28-46(2)49(38-81)31-63(68)73/h8-10,23,25,27-34,40-42,51-56,83-84,89H,11-22,24,26,35-36,43-44H2,1-7H3,(H,85,90). The summed E-state index contributed by atoms with van der Waals surface area (Å²) < 4.78 is 21.6. The highest BCUT2D eigenvalue weighted by Gasteiger charge is 2.36. The maximum absolute atomic E-state index is 13.3. The zero-order chi connectivity index (χ0) is 63.5. The molecule has 3 fully saturated rings. The van der Waals surface area contributed by atoms with Crippen LogP contribution in [0.25, 0.3) is 66.1 Å². The molecule has 6 heterocycles. The number of benzene rings is 6. The summed E-state index contributed by atoms with van der Waals surface area (Å²) in [5.41, 5.74) is 22.0. The summed E-state index contributed by atoms with van der Waals surface area (Å²) in [5.74, 6) is 1.54. The van der Waals surface area contributed by atoms with Crippen molar-refractivity contribution in [2.45, 2.75) is 188 Å². The van der Waals surface area contributed by atoms with Gasteiger partial charge in [0, 0.05) is 123 Å². The number of anilines is 3. The van der Waals surface area contributed by atoms with Crippen molar-refractivity contribution in [1.29, 1.82) is 15.8 Å². The Labute approximate surface area is 539 Å². The predicted molar refractivity (Wildman–Crippen MR) is 367 cm³/mol. The van der Waals surface area contributed by atoms with Crippen LogP contribution in [-0.2, 0) is 24.1 Å². The van der Waals surface area contributed by atoms with Crippen LogP contribution < -0.4 is 25.4 Å². The Bertz CT molecular complexity index is 4620. The fourth-order valence-corrected chi connectivity index (χ4v) is 16.8. The van der Waals surface area contributed by atoms with Crippen LogP contribution in [0.15, 0.2) is 97.5 Å². The van der Waals surface area contributed by atoms with Gasteiger partial charge in [-0.1, -0.05) is 45.9 Å². The lowest BCUT2D eigenvalue weighted by molar-refractivity contribution is -0.116. The monoisotopic (exact) mass is 1220 g/mol. The largest absolute Gasteiger partial charge is 0.490 e. The number of hydrogen-bond acceptors (Lipinski definition) is 9. The van der Waals surface area contributed by atoms with Gasteiger partial charge in [0.05, 0.1) is 58.9 Å². The van der Waals surface area contributed by atoms with Gasteiger partial charge in [-0.3, -0.25) is 4.79 Å². The van der Waals surface area contributed by atoms with Crippen LogP contribution in [0.5, 0.6) is 11.5 Å². The van der Waals surface area contributed by atoms with Crippen LogP contribution in [0.3, 0.4) is 0 Å². The van der Waals surface area contributed by atoms with Crippen molar-refractivity contribution in [1.82, 2.24) is 13.7 Å². The molecule has 0 bridgehead atoms. The van der Waals surface area contributed by atoms with Gasteiger partial charge in [-0.2, -0.15) is 15.8 Å². The molecule has 13 heteroatoms. The third-order valence-corrected chi connectivity index (χ3v) is 21.9. The van der Waals surface area contributed by atoms with Gasteiger partial charge in [0.2, 0.25) is 5.91 Å². The zero-order valence-electron chi connectivity index (χ0n) is 54.3. The van der Waals surface area contributed by atoms with Gasteiger partial charge in [-0.25, -0.2) is 0 Å². The average molecular weight is 1220 g/mol. The van der Waals surface area contributed by atoms with Crippen LogP contribution in [-0.4, -0.2) is 56.1 Å². The molecule has 6 aromatic carbocycles. The van der Waals surface area contributed by atoms with Gasteiger partial charge in [0.15, 0.2) is 0 Å². The number of aryl methyl sites for hydroxylation is 3. The summed E-state index contributed by atoms with van der Waals surface area (Å²) in [6, 6.07) is 36.3. The fraction of sp³-hybridized carbons (Fsp3) is 0.418. The number of aliphatic hydroxyl groups excluding tert-OH is 1. The fourth-order valence-electron chi connectivity index (χ4n) is 16.8. The third kappa shape index (κ3) is 10.6. The van der Waals surface area contributed by atoms with Crippen molar-refractivity contribution in [3.63, 3.8) is 0 Å². The van der Waals surface area contributed by atoms with E-state index in [1.165, 1.54) is 33.5 Å². The highest BCUT2D eigenvalue weighted by atomic mass is 16.5. The summed E-state index contributed by atoms with van der Waals surface area (Å²) >= 11 is 0. The first kappa shape index (κ1) is 59.4. The van der Waals surface area contributed by atoms with E-state index in [1.54, 1.807) is 0 Å². The maximum atomic E-state index is 13.3. The lowest BCUT2D eigenvalue weighted by atomic mass is 9.79.